The molecule has 1 aliphatic heterocycles. The van der Waals surface area contributed by atoms with E-state index in [2.05, 4.69) is 19.9 Å². The Kier molecular flexibility index (Phi) is 5.03. The summed E-state index contributed by atoms with van der Waals surface area (Å²) in [5.74, 6) is 1.62. The van der Waals surface area contributed by atoms with Crippen molar-refractivity contribution in [1.82, 2.24) is 24.8 Å². The van der Waals surface area contributed by atoms with Crippen molar-refractivity contribution in [3.8, 4) is 23.1 Å². The molecule has 0 aliphatic carbocycles. The number of aromatic amines is 1. The summed E-state index contributed by atoms with van der Waals surface area (Å²) in [7, 11) is 3.17. The molecule has 3 aromatic rings. The van der Waals surface area contributed by atoms with Gasteiger partial charge in [-0.3, -0.25) is 14.7 Å². The highest BCUT2D eigenvalue weighted by Crippen LogP contribution is 2.24. The topological polar surface area (TPSA) is 93.2 Å². The Hall–Kier alpha value is -3.26. The van der Waals surface area contributed by atoms with Gasteiger partial charge in [0.25, 0.3) is 5.56 Å². The Labute approximate surface area is 162 Å². The number of H-pyrrole nitrogens is 1. The van der Waals surface area contributed by atoms with Crippen LogP contribution in [0, 0.1) is 0 Å². The number of aromatic nitrogens is 4. The number of pyridine rings is 2. The van der Waals surface area contributed by atoms with E-state index in [0.717, 1.165) is 28.9 Å². The Bertz CT molecular complexity index is 1040. The fraction of sp³-hybridized carbons (Fsp3) is 0.300. The summed E-state index contributed by atoms with van der Waals surface area (Å²) >= 11 is 0. The molecular weight excluding hydrogens is 358 g/mol. The number of fused-ring (bicyclic) bond motifs is 1. The molecule has 0 amide bonds. The summed E-state index contributed by atoms with van der Waals surface area (Å²) in [4.78, 5) is 30.7. The summed E-state index contributed by atoms with van der Waals surface area (Å²) in [6.45, 7) is 2.01. The fourth-order valence-corrected chi connectivity index (χ4v) is 3.38. The number of hydrogen-bond donors (Lipinski definition) is 1. The van der Waals surface area contributed by atoms with Gasteiger partial charge in [-0.05, 0) is 24.6 Å². The minimum atomic E-state index is -0.0693. The smallest absolute Gasteiger partial charge is 0.254 e. The quantitative estimate of drug-likeness (QED) is 0.722. The zero-order valence-corrected chi connectivity index (χ0v) is 15.8. The van der Waals surface area contributed by atoms with Crippen molar-refractivity contribution in [2.45, 2.75) is 19.5 Å². The third kappa shape index (κ3) is 3.59. The first kappa shape index (κ1) is 18.1. The summed E-state index contributed by atoms with van der Waals surface area (Å²) in [5, 5.41) is 0. The maximum atomic E-state index is 12.5. The van der Waals surface area contributed by atoms with Crippen LogP contribution in [0.2, 0.25) is 0 Å². The van der Waals surface area contributed by atoms with Gasteiger partial charge in [0.1, 0.15) is 5.82 Å². The molecule has 0 bridgehead atoms. The van der Waals surface area contributed by atoms with Crippen molar-refractivity contribution >= 4 is 0 Å². The van der Waals surface area contributed by atoms with Crippen LogP contribution in [0.1, 0.15) is 16.8 Å². The van der Waals surface area contributed by atoms with Crippen LogP contribution in [0.3, 0.4) is 0 Å². The van der Waals surface area contributed by atoms with Gasteiger partial charge >= 0.3 is 0 Å². The number of nitrogens with one attached hydrogen (secondary N) is 1. The zero-order chi connectivity index (χ0) is 19.5. The van der Waals surface area contributed by atoms with Crippen LogP contribution in [-0.4, -0.2) is 45.6 Å². The van der Waals surface area contributed by atoms with Crippen molar-refractivity contribution in [2.75, 3.05) is 20.8 Å². The van der Waals surface area contributed by atoms with Gasteiger partial charge < -0.3 is 14.5 Å². The second-order valence-corrected chi connectivity index (χ2v) is 6.56. The van der Waals surface area contributed by atoms with Crippen molar-refractivity contribution < 1.29 is 9.47 Å². The normalized spacial score (nSPS) is 13.8. The molecule has 0 saturated carbocycles. The zero-order valence-electron chi connectivity index (χ0n) is 15.8. The van der Waals surface area contributed by atoms with Crippen molar-refractivity contribution in [3.63, 3.8) is 0 Å². The number of rotatable bonds is 5. The molecule has 8 nitrogen and oxygen atoms in total. The summed E-state index contributed by atoms with van der Waals surface area (Å²) in [6.07, 6.45) is 4.02. The van der Waals surface area contributed by atoms with Crippen molar-refractivity contribution in [1.29, 1.82) is 0 Å². The SMILES string of the molecule is COc1ccc(CN2CCc3c(nc(-c4ccncc4)[nH]c3=O)C2)c(OC)n1. The van der Waals surface area contributed by atoms with Gasteiger partial charge in [-0.15, -0.1) is 0 Å². The Morgan fingerprint density at radius 3 is 2.68 bits per heavy atom. The third-order valence-electron chi connectivity index (χ3n) is 4.82. The van der Waals surface area contributed by atoms with Crippen LogP contribution in [0.25, 0.3) is 11.4 Å². The lowest BCUT2D eigenvalue weighted by atomic mass is 10.1. The molecule has 0 fully saturated rings. The minimum absolute atomic E-state index is 0.0693. The number of ether oxygens (including phenoxy) is 2. The summed E-state index contributed by atoms with van der Waals surface area (Å²) in [6, 6.07) is 7.44. The van der Waals surface area contributed by atoms with Gasteiger partial charge in [0.05, 0.1) is 19.9 Å². The molecule has 1 aliphatic rings. The van der Waals surface area contributed by atoms with E-state index in [1.54, 1.807) is 26.6 Å². The molecule has 0 aromatic carbocycles. The maximum Gasteiger partial charge on any atom is 0.254 e. The van der Waals surface area contributed by atoms with Crippen LogP contribution in [0.15, 0.2) is 41.5 Å². The predicted octanol–water partition coefficient (Wildman–Crippen LogP) is 1.80. The first-order chi connectivity index (χ1) is 13.7. The standard InChI is InChI=1S/C20H21N5O3/c1-27-17-4-3-14(20(23-17)28-2)11-25-10-7-15-16(12-25)22-18(24-19(15)26)13-5-8-21-9-6-13/h3-6,8-9H,7,10-12H2,1-2H3,(H,22,24,26). The largest absolute Gasteiger partial charge is 0.481 e. The van der Waals surface area contributed by atoms with Crippen molar-refractivity contribution in [3.05, 3.63) is 63.8 Å². The van der Waals surface area contributed by atoms with Gasteiger partial charge in [-0.1, -0.05) is 0 Å². The van der Waals surface area contributed by atoms with E-state index >= 15 is 0 Å². The molecule has 3 aromatic heterocycles. The average Bonchev–Trinajstić information content (AvgIpc) is 2.74. The molecule has 28 heavy (non-hydrogen) atoms. The van der Waals surface area contributed by atoms with Gasteiger partial charge in [-0.2, -0.15) is 4.98 Å². The molecule has 0 saturated heterocycles. The van der Waals surface area contributed by atoms with Crippen LogP contribution < -0.4 is 15.0 Å². The lowest BCUT2D eigenvalue weighted by Gasteiger charge is -2.28. The molecule has 0 unspecified atom stereocenters. The number of hydrogen-bond acceptors (Lipinski definition) is 7. The van der Waals surface area contributed by atoms with Gasteiger partial charge in [-0.25, -0.2) is 4.98 Å². The molecule has 0 atom stereocenters. The van der Waals surface area contributed by atoms with E-state index in [4.69, 9.17) is 14.5 Å². The van der Waals surface area contributed by atoms with Gasteiger partial charge in [0.15, 0.2) is 0 Å². The average molecular weight is 379 g/mol. The lowest BCUT2D eigenvalue weighted by Crippen LogP contribution is -2.35. The molecule has 8 heteroatoms. The lowest BCUT2D eigenvalue weighted by molar-refractivity contribution is 0.235. The highest BCUT2D eigenvalue weighted by atomic mass is 16.5. The van der Waals surface area contributed by atoms with E-state index < -0.39 is 0 Å². The molecule has 1 N–H and O–H groups in total. The molecule has 4 rings (SSSR count). The monoisotopic (exact) mass is 379 g/mol. The second kappa shape index (κ2) is 7.77. The third-order valence-corrected chi connectivity index (χ3v) is 4.82. The van der Waals surface area contributed by atoms with Crippen LogP contribution in [0.5, 0.6) is 11.8 Å². The van der Waals surface area contributed by atoms with Gasteiger partial charge in [0, 0.05) is 54.8 Å². The van der Waals surface area contributed by atoms with Crippen LogP contribution in [-0.2, 0) is 19.5 Å². The number of nitrogens with zero attached hydrogens (tertiary/aromatic N) is 4. The summed E-state index contributed by atoms with van der Waals surface area (Å²) < 4.78 is 10.6. The first-order valence-electron chi connectivity index (χ1n) is 9.00. The van der Waals surface area contributed by atoms with E-state index in [1.807, 2.05) is 24.3 Å². The van der Waals surface area contributed by atoms with E-state index in [9.17, 15) is 4.79 Å². The highest BCUT2D eigenvalue weighted by Gasteiger charge is 2.22. The van der Waals surface area contributed by atoms with E-state index in [0.29, 0.717) is 37.1 Å². The van der Waals surface area contributed by atoms with E-state index in [1.165, 1.54) is 0 Å². The predicted molar refractivity (Wildman–Crippen MR) is 103 cm³/mol. The Morgan fingerprint density at radius 1 is 1.11 bits per heavy atom. The van der Waals surface area contributed by atoms with Crippen molar-refractivity contribution in [2.24, 2.45) is 0 Å². The highest BCUT2D eigenvalue weighted by molar-refractivity contribution is 5.54. The van der Waals surface area contributed by atoms with Crippen LogP contribution >= 0.6 is 0 Å². The Morgan fingerprint density at radius 2 is 1.93 bits per heavy atom. The molecule has 0 spiro atoms. The van der Waals surface area contributed by atoms with Gasteiger partial charge in [0.2, 0.25) is 11.8 Å². The van der Waals surface area contributed by atoms with Crippen LogP contribution in [0.4, 0.5) is 0 Å². The minimum Gasteiger partial charge on any atom is -0.481 e. The second-order valence-electron chi connectivity index (χ2n) is 6.56. The fourth-order valence-electron chi connectivity index (χ4n) is 3.38. The molecule has 0 radical (unpaired) electrons. The first-order valence-corrected chi connectivity index (χ1v) is 9.00. The number of methoxy groups -OCH3 is 2. The maximum absolute atomic E-state index is 12.5. The summed E-state index contributed by atoms with van der Waals surface area (Å²) in [5.41, 5.74) is 3.30. The molecular formula is C20H21N5O3. The molecule has 4 heterocycles. The molecule has 144 valence electrons. The van der Waals surface area contributed by atoms with E-state index in [-0.39, 0.29) is 5.56 Å². The Balaban J connectivity index is 1.59.